The zero-order valence-electron chi connectivity index (χ0n) is 10.3. The Kier molecular flexibility index (Phi) is 7.23. The number of amides is 1. The molecule has 1 amide bonds. The summed E-state index contributed by atoms with van der Waals surface area (Å²) in [7, 11) is -5.23. The molecule has 11 nitrogen and oxygen atoms in total. The first-order valence-electron chi connectivity index (χ1n) is 5.20. The summed E-state index contributed by atoms with van der Waals surface area (Å²) in [5, 5.41) is 38.5. The van der Waals surface area contributed by atoms with Gasteiger partial charge in [-0.1, -0.05) is 0 Å². The molecule has 0 fully saturated rings. The summed E-state index contributed by atoms with van der Waals surface area (Å²) in [6, 6.07) is -2.05. The molecule has 0 saturated carbocycles. The summed E-state index contributed by atoms with van der Waals surface area (Å²) >= 11 is 0. The first-order valence-corrected chi connectivity index (χ1v) is 6.73. The van der Waals surface area contributed by atoms with E-state index >= 15 is 0 Å². The Morgan fingerprint density at radius 3 is 2.05 bits per heavy atom. The van der Waals surface area contributed by atoms with Gasteiger partial charge in [-0.05, 0) is 0 Å². The lowest BCUT2D eigenvalue weighted by Gasteiger charge is -2.27. The standard InChI is InChI=1S/C8H16NO10P/c1-3(11)9-5(8(15)19-20(16,17)18)7(14)6(13)4(12)2-10/h4-7,10,12-14H,2H2,1H3,(H,9,11)(H2,16,17,18)/t4-,5+,6-,7-/m1/s1. The zero-order chi connectivity index (χ0) is 16.1. The lowest BCUT2D eigenvalue weighted by Crippen LogP contribution is -2.56. The van der Waals surface area contributed by atoms with Crippen LogP contribution in [-0.4, -0.2) is 73.1 Å². The Balaban J connectivity index is 5.09. The third-order valence-corrected chi connectivity index (χ3v) is 2.51. The van der Waals surface area contributed by atoms with Gasteiger partial charge in [0.1, 0.15) is 18.3 Å². The Bertz CT molecular complexity index is 395. The number of aliphatic hydroxyl groups excluding tert-OH is 4. The highest BCUT2D eigenvalue weighted by atomic mass is 31.2. The van der Waals surface area contributed by atoms with Crippen molar-refractivity contribution in [3.8, 4) is 0 Å². The lowest BCUT2D eigenvalue weighted by molar-refractivity contribution is -0.150. The van der Waals surface area contributed by atoms with E-state index in [0.717, 1.165) is 6.92 Å². The zero-order valence-corrected chi connectivity index (χ0v) is 11.2. The van der Waals surface area contributed by atoms with Gasteiger partial charge in [-0.15, -0.1) is 0 Å². The maximum Gasteiger partial charge on any atom is 0.527 e. The van der Waals surface area contributed by atoms with Gasteiger partial charge in [0.15, 0.2) is 6.04 Å². The van der Waals surface area contributed by atoms with Crippen molar-refractivity contribution < 1.29 is 48.9 Å². The van der Waals surface area contributed by atoms with Gasteiger partial charge in [0.05, 0.1) is 6.61 Å². The van der Waals surface area contributed by atoms with Gasteiger partial charge in [-0.2, -0.15) is 0 Å². The fraction of sp³-hybridized carbons (Fsp3) is 0.750. The van der Waals surface area contributed by atoms with E-state index < -0.39 is 50.7 Å². The van der Waals surface area contributed by atoms with Crippen molar-refractivity contribution in [3.63, 3.8) is 0 Å². The largest absolute Gasteiger partial charge is 0.527 e. The van der Waals surface area contributed by atoms with Crippen molar-refractivity contribution in [2.24, 2.45) is 0 Å². The second kappa shape index (κ2) is 7.64. The molecule has 0 aliphatic heterocycles. The van der Waals surface area contributed by atoms with Gasteiger partial charge in [-0.3, -0.25) is 14.6 Å². The van der Waals surface area contributed by atoms with Crippen molar-refractivity contribution in [1.29, 1.82) is 0 Å². The first-order chi connectivity index (χ1) is 8.99. The molecule has 0 heterocycles. The molecule has 12 heteroatoms. The molecule has 0 unspecified atom stereocenters. The topological polar surface area (TPSA) is 194 Å². The molecule has 0 aromatic rings. The van der Waals surface area contributed by atoms with Crippen LogP contribution in [0.5, 0.6) is 0 Å². The Morgan fingerprint density at radius 1 is 1.20 bits per heavy atom. The molecule has 0 aliphatic carbocycles. The normalized spacial score (nSPS) is 17.8. The maximum atomic E-state index is 11.4. The van der Waals surface area contributed by atoms with Crippen molar-refractivity contribution in [2.75, 3.05) is 6.61 Å². The molecule has 0 bridgehead atoms. The van der Waals surface area contributed by atoms with Crippen molar-refractivity contribution in [3.05, 3.63) is 0 Å². The SMILES string of the molecule is CC(=O)N[C@H](C(=O)OP(=O)(O)O)[C@@H](O)[C@H](O)[C@H](O)CO. The van der Waals surface area contributed by atoms with Gasteiger partial charge in [0.25, 0.3) is 0 Å². The number of phosphoric ester groups is 1. The molecule has 7 N–H and O–H groups in total. The van der Waals surface area contributed by atoms with Crippen LogP contribution in [0, 0.1) is 0 Å². The fourth-order valence-electron chi connectivity index (χ4n) is 1.21. The summed E-state index contributed by atoms with van der Waals surface area (Å²) in [5.41, 5.74) is 0. The number of carbonyl (C=O) groups excluding carboxylic acids is 2. The monoisotopic (exact) mass is 317 g/mol. The number of nitrogens with one attached hydrogen (secondary N) is 1. The lowest BCUT2D eigenvalue weighted by atomic mass is 10.0. The molecule has 0 rings (SSSR count). The van der Waals surface area contributed by atoms with E-state index in [1.165, 1.54) is 0 Å². The molecule has 118 valence electrons. The summed E-state index contributed by atoms with van der Waals surface area (Å²) in [6.45, 7) is -0.0299. The molecule has 0 spiro atoms. The molecule has 4 atom stereocenters. The summed E-state index contributed by atoms with van der Waals surface area (Å²) in [5.74, 6) is -2.59. The number of rotatable bonds is 7. The van der Waals surface area contributed by atoms with E-state index in [4.69, 9.17) is 20.0 Å². The molecule has 20 heavy (non-hydrogen) atoms. The highest BCUT2D eigenvalue weighted by Gasteiger charge is 2.39. The van der Waals surface area contributed by atoms with Crippen LogP contribution in [0.4, 0.5) is 0 Å². The van der Waals surface area contributed by atoms with Crippen molar-refractivity contribution in [2.45, 2.75) is 31.3 Å². The van der Waals surface area contributed by atoms with Gasteiger partial charge < -0.3 is 30.3 Å². The van der Waals surface area contributed by atoms with E-state index in [9.17, 15) is 24.4 Å². The van der Waals surface area contributed by atoms with Crippen LogP contribution in [0.15, 0.2) is 0 Å². The highest BCUT2D eigenvalue weighted by Crippen LogP contribution is 2.36. The van der Waals surface area contributed by atoms with Crippen LogP contribution in [0.25, 0.3) is 0 Å². The average molecular weight is 317 g/mol. The molecular weight excluding hydrogens is 301 g/mol. The predicted molar refractivity (Wildman–Crippen MR) is 60.8 cm³/mol. The smallest absolute Gasteiger partial charge is 0.394 e. The number of hydrogen-bond acceptors (Lipinski definition) is 8. The number of phosphoric acid groups is 1. The van der Waals surface area contributed by atoms with Crippen LogP contribution >= 0.6 is 7.82 Å². The van der Waals surface area contributed by atoms with Crippen LogP contribution in [-0.2, 0) is 18.7 Å². The van der Waals surface area contributed by atoms with Crippen LogP contribution in [0.1, 0.15) is 6.92 Å². The molecule has 0 aromatic carbocycles. The quantitative estimate of drug-likeness (QED) is 0.229. The van der Waals surface area contributed by atoms with Gasteiger partial charge in [-0.25, -0.2) is 9.36 Å². The van der Waals surface area contributed by atoms with E-state index in [1.807, 2.05) is 0 Å². The maximum absolute atomic E-state index is 11.4. The van der Waals surface area contributed by atoms with E-state index in [-0.39, 0.29) is 0 Å². The molecular formula is C8H16NO10P. The minimum absolute atomic E-state index is 0.873. The second-order valence-electron chi connectivity index (χ2n) is 3.81. The summed E-state index contributed by atoms with van der Waals surface area (Å²) < 4.78 is 14.2. The number of carbonyl (C=O) groups is 2. The average Bonchev–Trinajstić information content (AvgIpc) is 2.30. The van der Waals surface area contributed by atoms with Crippen molar-refractivity contribution >= 4 is 19.7 Å². The number of hydrogen-bond donors (Lipinski definition) is 7. The van der Waals surface area contributed by atoms with Crippen LogP contribution in [0.2, 0.25) is 0 Å². The fourth-order valence-corrected chi connectivity index (χ4v) is 1.56. The van der Waals surface area contributed by atoms with Gasteiger partial charge in [0, 0.05) is 6.92 Å². The van der Waals surface area contributed by atoms with Crippen molar-refractivity contribution in [1.82, 2.24) is 5.32 Å². The summed E-state index contributed by atoms with van der Waals surface area (Å²) in [4.78, 5) is 39.2. The Labute approximate surface area is 113 Å². The minimum atomic E-state index is -5.23. The van der Waals surface area contributed by atoms with E-state index in [1.54, 1.807) is 5.32 Å². The van der Waals surface area contributed by atoms with E-state index in [2.05, 4.69) is 4.52 Å². The van der Waals surface area contributed by atoms with Crippen LogP contribution < -0.4 is 5.32 Å². The Hall–Kier alpha value is -1.07. The molecule has 0 saturated heterocycles. The molecule has 0 aliphatic rings. The van der Waals surface area contributed by atoms with Gasteiger partial charge >= 0.3 is 13.8 Å². The van der Waals surface area contributed by atoms with Crippen LogP contribution in [0.3, 0.4) is 0 Å². The minimum Gasteiger partial charge on any atom is -0.394 e. The highest BCUT2D eigenvalue weighted by molar-refractivity contribution is 7.46. The Morgan fingerprint density at radius 2 is 1.70 bits per heavy atom. The first kappa shape index (κ1) is 18.9. The third-order valence-electron chi connectivity index (χ3n) is 2.09. The third kappa shape index (κ3) is 6.39. The van der Waals surface area contributed by atoms with E-state index in [0.29, 0.717) is 0 Å². The summed E-state index contributed by atoms with van der Waals surface area (Å²) in [6.07, 6.45) is -6.08. The second-order valence-corrected chi connectivity index (χ2v) is 4.97. The number of aliphatic hydroxyl groups is 4. The van der Waals surface area contributed by atoms with Gasteiger partial charge in [0.2, 0.25) is 5.91 Å². The molecule has 0 aromatic heterocycles. The predicted octanol–water partition coefficient (Wildman–Crippen LogP) is -3.80. The molecule has 0 radical (unpaired) electrons.